The van der Waals surface area contributed by atoms with Crippen LogP contribution in [0.25, 0.3) is 0 Å². The fourth-order valence-electron chi connectivity index (χ4n) is 1.63. The van der Waals surface area contributed by atoms with Gasteiger partial charge in [-0.2, -0.15) is 0 Å². The predicted molar refractivity (Wildman–Crippen MR) is 77.4 cm³/mol. The smallest absolute Gasteiger partial charge is 0.173 e. The first-order valence-electron chi connectivity index (χ1n) is 6.05. The van der Waals surface area contributed by atoms with E-state index in [9.17, 15) is 9.18 Å². The number of carbonyl (C=O) groups is 1. The first-order valence-corrected chi connectivity index (χ1v) is 7.03. The Morgan fingerprint density at radius 1 is 1.11 bits per heavy atom. The molecule has 2 aromatic carbocycles. The van der Waals surface area contributed by atoms with Gasteiger partial charge < -0.3 is 0 Å². The van der Waals surface area contributed by atoms with E-state index in [1.807, 2.05) is 31.2 Å². The Hall–Kier alpha value is -1.61. The molecule has 0 aromatic heterocycles. The topological polar surface area (TPSA) is 17.1 Å². The fraction of sp³-hybridized carbons (Fsp3) is 0.188. The Bertz CT molecular complexity index is 590. The molecule has 98 valence electrons. The Morgan fingerprint density at radius 3 is 2.42 bits per heavy atom. The lowest BCUT2D eigenvalue weighted by Crippen LogP contribution is -2.03. The van der Waals surface area contributed by atoms with E-state index in [1.165, 1.54) is 23.4 Å². The lowest BCUT2D eigenvalue weighted by molar-refractivity contribution is 0.102. The quantitative estimate of drug-likeness (QED) is 0.606. The number of benzene rings is 2. The number of hydrogen-bond donors (Lipinski definition) is 0. The molecule has 0 heterocycles. The van der Waals surface area contributed by atoms with Crippen molar-refractivity contribution in [2.45, 2.75) is 18.7 Å². The zero-order valence-electron chi connectivity index (χ0n) is 10.9. The normalized spacial score (nSPS) is 10.5. The molecular weight excluding hydrogens is 259 g/mol. The number of Topliss-reactive ketones (excluding diaryl/α,β-unsaturated/α-hetero) is 1. The average molecular weight is 274 g/mol. The lowest BCUT2D eigenvalue weighted by atomic mass is 10.1. The van der Waals surface area contributed by atoms with Crippen molar-refractivity contribution in [2.24, 2.45) is 0 Å². The highest BCUT2D eigenvalue weighted by molar-refractivity contribution is 8.00. The Balaban J connectivity index is 2.01. The molecule has 0 amide bonds. The summed E-state index contributed by atoms with van der Waals surface area (Å²) >= 11 is 1.47. The molecule has 0 unspecified atom stereocenters. The molecular formula is C16H15FOS. The van der Waals surface area contributed by atoms with Crippen molar-refractivity contribution in [3.05, 3.63) is 65.0 Å². The molecule has 0 aliphatic carbocycles. The van der Waals surface area contributed by atoms with Crippen molar-refractivity contribution in [3.8, 4) is 0 Å². The summed E-state index contributed by atoms with van der Waals surface area (Å²) in [5.41, 5.74) is 2.18. The summed E-state index contributed by atoms with van der Waals surface area (Å²) in [6.45, 7) is 3.71. The Labute approximate surface area is 116 Å². The summed E-state index contributed by atoms with van der Waals surface area (Å²) in [5.74, 6) is -0.0541. The van der Waals surface area contributed by atoms with Crippen molar-refractivity contribution < 1.29 is 9.18 Å². The van der Waals surface area contributed by atoms with E-state index in [-0.39, 0.29) is 11.6 Å². The van der Waals surface area contributed by atoms with Crippen molar-refractivity contribution >= 4 is 17.5 Å². The molecule has 2 aromatic rings. The molecule has 1 nitrogen and oxygen atoms in total. The third-order valence-electron chi connectivity index (χ3n) is 2.88. The maximum Gasteiger partial charge on any atom is 0.173 e. The highest BCUT2D eigenvalue weighted by Crippen LogP contribution is 2.20. The van der Waals surface area contributed by atoms with Crippen molar-refractivity contribution in [2.75, 3.05) is 5.75 Å². The van der Waals surface area contributed by atoms with Gasteiger partial charge >= 0.3 is 0 Å². The summed E-state index contributed by atoms with van der Waals surface area (Å²) < 4.78 is 13.4. The monoisotopic (exact) mass is 274 g/mol. The molecule has 0 saturated heterocycles. The zero-order chi connectivity index (χ0) is 13.8. The number of hydrogen-bond acceptors (Lipinski definition) is 2. The third kappa shape index (κ3) is 3.67. The standard InChI is InChI=1S/C16H15FOS/c1-11-3-7-14(8-4-11)19-10-16(18)13-6-5-12(2)15(17)9-13/h3-9H,10H2,1-2H3. The van der Waals surface area contributed by atoms with Crippen LogP contribution in [0.3, 0.4) is 0 Å². The molecule has 0 fully saturated rings. The summed E-state index contributed by atoms with van der Waals surface area (Å²) in [7, 11) is 0. The SMILES string of the molecule is Cc1ccc(SCC(=O)c2ccc(C)c(F)c2)cc1. The summed E-state index contributed by atoms with van der Waals surface area (Å²) in [6, 6.07) is 12.6. The summed E-state index contributed by atoms with van der Waals surface area (Å²) in [4.78, 5) is 13.0. The van der Waals surface area contributed by atoms with E-state index >= 15 is 0 Å². The van der Waals surface area contributed by atoms with Gasteiger partial charge in [-0.25, -0.2) is 4.39 Å². The molecule has 0 aliphatic rings. The van der Waals surface area contributed by atoms with Crippen LogP contribution in [0.4, 0.5) is 4.39 Å². The molecule has 0 atom stereocenters. The maximum atomic E-state index is 13.4. The molecule has 0 spiro atoms. The fourth-order valence-corrected chi connectivity index (χ4v) is 2.43. The van der Waals surface area contributed by atoms with Gasteiger partial charge in [-0.05, 0) is 37.6 Å². The Kier molecular flexibility index (Phi) is 4.38. The lowest BCUT2D eigenvalue weighted by Gasteiger charge is -2.03. The second-order valence-corrected chi connectivity index (χ2v) is 5.54. The van der Waals surface area contributed by atoms with E-state index in [0.717, 1.165) is 4.90 Å². The second-order valence-electron chi connectivity index (χ2n) is 4.49. The molecule has 0 bridgehead atoms. The van der Waals surface area contributed by atoms with Gasteiger partial charge in [0, 0.05) is 10.5 Å². The average Bonchev–Trinajstić information content (AvgIpc) is 2.41. The van der Waals surface area contributed by atoms with Gasteiger partial charge in [0.05, 0.1) is 5.75 Å². The molecule has 0 radical (unpaired) electrons. The first kappa shape index (κ1) is 13.8. The third-order valence-corrected chi connectivity index (χ3v) is 3.90. The number of halogens is 1. The second kappa shape index (κ2) is 6.02. The van der Waals surface area contributed by atoms with Crippen LogP contribution in [0, 0.1) is 19.7 Å². The minimum atomic E-state index is -0.328. The highest BCUT2D eigenvalue weighted by atomic mass is 32.2. The number of ketones is 1. The number of thioether (sulfide) groups is 1. The van der Waals surface area contributed by atoms with Crippen LogP contribution in [-0.2, 0) is 0 Å². The molecule has 3 heteroatoms. The van der Waals surface area contributed by atoms with E-state index in [2.05, 4.69) is 0 Å². The van der Waals surface area contributed by atoms with Gasteiger partial charge in [0.2, 0.25) is 0 Å². The van der Waals surface area contributed by atoms with Crippen molar-refractivity contribution in [3.63, 3.8) is 0 Å². The minimum Gasteiger partial charge on any atom is -0.293 e. The summed E-state index contributed by atoms with van der Waals surface area (Å²) in [5, 5.41) is 0. The Morgan fingerprint density at radius 2 is 1.79 bits per heavy atom. The van der Waals surface area contributed by atoms with Crippen LogP contribution < -0.4 is 0 Å². The number of aryl methyl sites for hydroxylation is 2. The largest absolute Gasteiger partial charge is 0.293 e. The molecule has 0 N–H and O–H groups in total. The number of rotatable bonds is 4. The molecule has 0 aliphatic heterocycles. The molecule has 19 heavy (non-hydrogen) atoms. The van der Waals surface area contributed by atoms with Gasteiger partial charge in [-0.3, -0.25) is 4.79 Å². The molecule has 2 rings (SSSR count). The van der Waals surface area contributed by atoms with Gasteiger partial charge in [0.25, 0.3) is 0 Å². The van der Waals surface area contributed by atoms with E-state index in [4.69, 9.17) is 0 Å². The van der Waals surface area contributed by atoms with Gasteiger partial charge in [-0.15, -0.1) is 11.8 Å². The van der Waals surface area contributed by atoms with Crippen LogP contribution in [0.5, 0.6) is 0 Å². The van der Waals surface area contributed by atoms with Gasteiger partial charge in [0.1, 0.15) is 5.82 Å². The van der Waals surface area contributed by atoms with E-state index < -0.39 is 0 Å². The van der Waals surface area contributed by atoms with E-state index in [0.29, 0.717) is 16.9 Å². The van der Waals surface area contributed by atoms with Crippen molar-refractivity contribution in [1.29, 1.82) is 0 Å². The van der Waals surface area contributed by atoms with E-state index in [1.54, 1.807) is 19.1 Å². The minimum absolute atomic E-state index is 0.0514. The van der Waals surface area contributed by atoms with Gasteiger partial charge in [0.15, 0.2) is 5.78 Å². The maximum absolute atomic E-state index is 13.4. The van der Waals surface area contributed by atoms with Crippen LogP contribution >= 0.6 is 11.8 Å². The highest BCUT2D eigenvalue weighted by Gasteiger charge is 2.08. The van der Waals surface area contributed by atoms with Gasteiger partial charge in [-0.1, -0.05) is 29.8 Å². The van der Waals surface area contributed by atoms with Crippen molar-refractivity contribution in [1.82, 2.24) is 0 Å². The van der Waals surface area contributed by atoms with Crippen LogP contribution in [0.15, 0.2) is 47.4 Å². The first-order chi connectivity index (χ1) is 9.06. The van der Waals surface area contributed by atoms with Crippen LogP contribution in [0.1, 0.15) is 21.5 Å². The molecule has 0 saturated carbocycles. The summed E-state index contributed by atoms with van der Waals surface area (Å²) in [6.07, 6.45) is 0. The van der Waals surface area contributed by atoms with Crippen LogP contribution in [0.2, 0.25) is 0 Å². The van der Waals surface area contributed by atoms with Crippen LogP contribution in [-0.4, -0.2) is 11.5 Å². The predicted octanol–water partition coefficient (Wildman–Crippen LogP) is 4.42. The zero-order valence-corrected chi connectivity index (χ0v) is 11.8. The number of carbonyl (C=O) groups excluding carboxylic acids is 1.